The van der Waals surface area contributed by atoms with E-state index in [4.69, 9.17) is 4.74 Å². The van der Waals surface area contributed by atoms with Gasteiger partial charge in [-0.3, -0.25) is 9.59 Å². The number of aryl methyl sites for hydroxylation is 1. The first-order chi connectivity index (χ1) is 12.6. The predicted molar refractivity (Wildman–Crippen MR) is 101 cm³/mol. The summed E-state index contributed by atoms with van der Waals surface area (Å²) >= 11 is 0. The molecule has 0 spiro atoms. The molecule has 3 rings (SSSR count). The molecule has 2 aliphatic rings. The minimum atomic E-state index is -0.0199. The van der Waals surface area contributed by atoms with Crippen LogP contribution in [-0.4, -0.2) is 48.6 Å². The molecule has 0 radical (unpaired) electrons. The molecule has 1 aromatic carbocycles. The lowest BCUT2D eigenvalue weighted by atomic mass is 9.98. The molecule has 5 heteroatoms. The first kappa shape index (κ1) is 18.9. The van der Waals surface area contributed by atoms with Crippen LogP contribution >= 0.6 is 0 Å². The molecular formula is C21H30N2O3. The lowest BCUT2D eigenvalue weighted by Crippen LogP contribution is -2.47. The van der Waals surface area contributed by atoms with Gasteiger partial charge in [0, 0.05) is 24.7 Å². The molecule has 1 heterocycles. The molecule has 142 valence electrons. The molecule has 0 bridgehead atoms. The normalized spacial score (nSPS) is 19.3. The molecule has 2 amide bonds. The molecule has 1 saturated heterocycles. The minimum Gasteiger partial charge on any atom is -0.368 e. The van der Waals surface area contributed by atoms with Crippen LogP contribution in [0, 0.1) is 6.92 Å². The van der Waals surface area contributed by atoms with Gasteiger partial charge in [-0.1, -0.05) is 37.5 Å². The fraction of sp³-hybridized carbons (Fsp3) is 0.619. The van der Waals surface area contributed by atoms with Crippen LogP contribution in [0.25, 0.3) is 0 Å². The Bertz CT molecular complexity index is 617. The zero-order chi connectivity index (χ0) is 18.4. The first-order valence-electron chi connectivity index (χ1n) is 9.89. The van der Waals surface area contributed by atoms with Crippen molar-refractivity contribution in [3.63, 3.8) is 0 Å². The first-order valence-corrected chi connectivity index (χ1v) is 9.89. The van der Waals surface area contributed by atoms with Gasteiger partial charge in [0.25, 0.3) is 5.91 Å². The Balaban J connectivity index is 1.40. The Morgan fingerprint density at radius 1 is 1.08 bits per heavy atom. The van der Waals surface area contributed by atoms with E-state index < -0.39 is 0 Å². The molecule has 1 saturated carbocycles. The topological polar surface area (TPSA) is 58.6 Å². The summed E-state index contributed by atoms with van der Waals surface area (Å²) in [6.07, 6.45) is 7.74. The van der Waals surface area contributed by atoms with Crippen molar-refractivity contribution < 1.29 is 14.3 Å². The number of carbonyl (C=O) groups excluding carboxylic acids is 2. The van der Waals surface area contributed by atoms with Crippen LogP contribution in [0.5, 0.6) is 0 Å². The summed E-state index contributed by atoms with van der Waals surface area (Å²) in [7, 11) is 0. The second-order valence-electron chi connectivity index (χ2n) is 7.51. The van der Waals surface area contributed by atoms with Crippen molar-refractivity contribution in [2.45, 2.75) is 64.0 Å². The number of carbonyl (C=O) groups is 2. The smallest absolute Gasteiger partial charge is 0.251 e. The lowest BCUT2D eigenvalue weighted by molar-refractivity contribution is -0.139. The van der Waals surface area contributed by atoms with Crippen molar-refractivity contribution in [3.05, 3.63) is 35.4 Å². The van der Waals surface area contributed by atoms with Crippen LogP contribution in [0.1, 0.15) is 60.9 Å². The molecule has 0 aromatic heterocycles. The molecule has 0 atom stereocenters. The van der Waals surface area contributed by atoms with Gasteiger partial charge in [-0.05, 0) is 44.2 Å². The fourth-order valence-electron chi connectivity index (χ4n) is 3.88. The lowest BCUT2D eigenvalue weighted by Gasteiger charge is -2.33. The highest BCUT2D eigenvalue weighted by molar-refractivity contribution is 5.95. The van der Waals surface area contributed by atoms with E-state index >= 15 is 0 Å². The van der Waals surface area contributed by atoms with E-state index in [2.05, 4.69) is 5.32 Å². The van der Waals surface area contributed by atoms with E-state index in [1.807, 2.05) is 36.1 Å². The molecular weight excluding hydrogens is 328 g/mol. The fourth-order valence-corrected chi connectivity index (χ4v) is 3.88. The molecule has 1 aliphatic carbocycles. The number of hydrogen-bond donors (Lipinski definition) is 1. The number of ether oxygens (including phenoxy) is 1. The number of likely N-dealkylation sites (tertiary alicyclic amines) is 1. The van der Waals surface area contributed by atoms with E-state index in [0.29, 0.717) is 13.1 Å². The number of piperidine rings is 1. The van der Waals surface area contributed by atoms with Crippen LogP contribution in [0.2, 0.25) is 0 Å². The summed E-state index contributed by atoms with van der Waals surface area (Å²) in [4.78, 5) is 26.6. The van der Waals surface area contributed by atoms with Crippen molar-refractivity contribution in [1.29, 1.82) is 0 Å². The van der Waals surface area contributed by atoms with Gasteiger partial charge >= 0.3 is 0 Å². The Hall–Kier alpha value is -1.88. The summed E-state index contributed by atoms with van der Waals surface area (Å²) < 4.78 is 5.80. The molecule has 26 heavy (non-hydrogen) atoms. The third-order valence-corrected chi connectivity index (χ3v) is 5.57. The highest BCUT2D eigenvalue weighted by Gasteiger charge is 2.25. The number of hydrogen-bond acceptors (Lipinski definition) is 3. The molecule has 1 aliphatic heterocycles. The van der Waals surface area contributed by atoms with E-state index in [0.717, 1.165) is 36.8 Å². The summed E-state index contributed by atoms with van der Waals surface area (Å²) in [5.74, 6) is 0.0627. The monoisotopic (exact) mass is 358 g/mol. The third kappa shape index (κ3) is 5.07. The van der Waals surface area contributed by atoms with E-state index in [1.165, 1.54) is 19.3 Å². The van der Waals surface area contributed by atoms with Gasteiger partial charge in [0.1, 0.15) is 6.61 Å². The predicted octanol–water partition coefficient (Wildman–Crippen LogP) is 3.07. The van der Waals surface area contributed by atoms with Crippen molar-refractivity contribution in [3.8, 4) is 0 Å². The van der Waals surface area contributed by atoms with Crippen molar-refractivity contribution >= 4 is 11.8 Å². The Kier molecular flexibility index (Phi) is 6.67. The second-order valence-corrected chi connectivity index (χ2v) is 7.51. The summed E-state index contributed by atoms with van der Waals surface area (Å²) in [6, 6.07) is 7.75. The van der Waals surface area contributed by atoms with E-state index in [9.17, 15) is 9.59 Å². The van der Waals surface area contributed by atoms with E-state index in [1.54, 1.807) is 0 Å². The maximum Gasteiger partial charge on any atom is 0.251 e. The maximum atomic E-state index is 12.4. The van der Waals surface area contributed by atoms with Crippen molar-refractivity contribution in [2.24, 2.45) is 0 Å². The summed E-state index contributed by atoms with van der Waals surface area (Å²) in [5.41, 5.74) is 1.71. The minimum absolute atomic E-state index is 0.0199. The van der Waals surface area contributed by atoms with Crippen molar-refractivity contribution in [1.82, 2.24) is 10.2 Å². The number of rotatable bonds is 5. The molecule has 1 aromatic rings. The van der Waals surface area contributed by atoms with E-state index in [-0.39, 0.29) is 30.6 Å². The van der Waals surface area contributed by atoms with Crippen LogP contribution in [-0.2, 0) is 9.53 Å². The van der Waals surface area contributed by atoms with Gasteiger partial charge in [0.15, 0.2) is 0 Å². The molecule has 2 fully saturated rings. The van der Waals surface area contributed by atoms with Gasteiger partial charge in [0.05, 0.1) is 6.10 Å². The van der Waals surface area contributed by atoms with Crippen LogP contribution < -0.4 is 5.32 Å². The van der Waals surface area contributed by atoms with Crippen molar-refractivity contribution in [2.75, 3.05) is 19.7 Å². The molecule has 0 unspecified atom stereocenters. The zero-order valence-electron chi connectivity index (χ0n) is 15.7. The third-order valence-electron chi connectivity index (χ3n) is 5.57. The van der Waals surface area contributed by atoms with Gasteiger partial charge in [-0.2, -0.15) is 0 Å². The van der Waals surface area contributed by atoms with Crippen LogP contribution in [0.4, 0.5) is 0 Å². The highest BCUT2D eigenvalue weighted by atomic mass is 16.5. The van der Waals surface area contributed by atoms with Gasteiger partial charge < -0.3 is 15.0 Å². The number of nitrogens with zero attached hydrogens (tertiary/aromatic N) is 1. The SMILES string of the molecule is Cc1ccccc1C(=O)NC1CCN(C(=O)COC2CCCCC2)CC1. The quantitative estimate of drug-likeness (QED) is 0.880. The van der Waals surface area contributed by atoms with Gasteiger partial charge in [0.2, 0.25) is 5.91 Å². The number of benzene rings is 1. The Labute approximate surface area is 156 Å². The number of nitrogens with one attached hydrogen (secondary N) is 1. The molecule has 5 nitrogen and oxygen atoms in total. The van der Waals surface area contributed by atoms with Crippen LogP contribution in [0.15, 0.2) is 24.3 Å². The number of amides is 2. The second kappa shape index (κ2) is 9.17. The average Bonchev–Trinajstić information content (AvgIpc) is 2.68. The zero-order valence-corrected chi connectivity index (χ0v) is 15.7. The van der Waals surface area contributed by atoms with Gasteiger partial charge in [-0.25, -0.2) is 0 Å². The average molecular weight is 358 g/mol. The largest absolute Gasteiger partial charge is 0.368 e. The maximum absolute atomic E-state index is 12.4. The summed E-state index contributed by atoms with van der Waals surface area (Å²) in [5, 5.41) is 3.11. The Morgan fingerprint density at radius 3 is 2.46 bits per heavy atom. The highest BCUT2D eigenvalue weighted by Crippen LogP contribution is 2.20. The summed E-state index contributed by atoms with van der Waals surface area (Å²) in [6.45, 7) is 3.52. The molecule has 1 N–H and O–H groups in total. The Morgan fingerprint density at radius 2 is 1.77 bits per heavy atom. The van der Waals surface area contributed by atoms with Gasteiger partial charge in [-0.15, -0.1) is 0 Å². The standard InChI is InChI=1S/C21H30N2O3/c1-16-7-5-6-10-19(16)21(25)22-17-11-13-23(14-12-17)20(24)15-26-18-8-3-2-4-9-18/h5-7,10,17-18H,2-4,8-9,11-15H2,1H3,(H,22,25). The van der Waals surface area contributed by atoms with Crippen LogP contribution in [0.3, 0.4) is 0 Å².